The lowest BCUT2D eigenvalue weighted by Gasteiger charge is -2.34. The third-order valence-electron chi connectivity index (χ3n) is 7.40. The molecule has 152 valence electrons. The standard InChI is InChI=1S/C22H29N3O2.ClH/c26-20(25-14-7-16-3-1-2-4-19(16)25)17-5-12-24(13-6-17)21(27)18-15-22(18)8-10-23-11-9-22;/h1-4,17-18,23H,5-15H2;1H. The summed E-state index contributed by atoms with van der Waals surface area (Å²) in [6.45, 7) is 4.40. The Hall–Kier alpha value is -1.59. The van der Waals surface area contributed by atoms with E-state index in [0.717, 1.165) is 76.9 Å². The van der Waals surface area contributed by atoms with Crippen LogP contribution >= 0.6 is 12.4 Å². The van der Waals surface area contributed by atoms with Crippen molar-refractivity contribution in [1.29, 1.82) is 0 Å². The van der Waals surface area contributed by atoms with Gasteiger partial charge in [-0.05, 0) is 68.7 Å². The van der Waals surface area contributed by atoms with Gasteiger partial charge in [-0.15, -0.1) is 12.4 Å². The van der Waals surface area contributed by atoms with Gasteiger partial charge in [0, 0.05) is 37.2 Å². The van der Waals surface area contributed by atoms with Crippen molar-refractivity contribution in [3.8, 4) is 0 Å². The summed E-state index contributed by atoms with van der Waals surface area (Å²) in [4.78, 5) is 30.0. The number of amides is 2. The molecule has 1 saturated carbocycles. The van der Waals surface area contributed by atoms with Crippen LogP contribution in [0.25, 0.3) is 0 Å². The van der Waals surface area contributed by atoms with Crippen LogP contribution in [0, 0.1) is 17.3 Å². The Morgan fingerprint density at radius 3 is 2.46 bits per heavy atom. The minimum absolute atomic E-state index is 0. The van der Waals surface area contributed by atoms with E-state index < -0.39 is 0 Å². The third-order valence-corrected chi connectivity index (χ3v) is 7.40. The molecule has 28 heavy (non-hydrogen) atoms. The molecule has 2 saturated heterocycles. The van der Waals surface area contributed by atoms with Gasteiger partial charge in [0.2, 0.25) is 11.8 Å². The molecule has 0 aromatic heterocycles. The van der Waals surface area contributed by atoms with Crippen LogP contribution in [-0.4, -0.2) is 49.4 Å². The van der Waals surface area contributed by atoms with Crippen LogP contribution in [0.3, 0.4) is 0 Å². The van der Waals surface area contributed by atoms with Crippen LogP contribution < -0.4 is 10.2 Å². The number of rotatable bonds is 2. The number of hydrogen-bond donors (Lipinski definition) is 1. The average molecular weight is 404 g/mol. The van der Waals surface area contributed by atoms with Gasteiger partial charge < -0.3 is 15.1 Å². The summed E-state index contributed by atoms with van der Waals surface area (Å²) in [5.74, 6) is 0.923. The fourth-order valence-corrected chi connectivity index (χ4v) is 5.53. The van der Waals surface area contributed by atoms with E-state index in [4.69, 9.17) is 0 Å². The van der Waals surface area contributed by atoms with Crippen molar-refractivity contribution in [3.05, 3.63) is 29.8 Å². The number of anilines is 1. The topological polar surface area (TPSA) is 52.7 Å². The molecule has 5 nitrogen and oxygen atoms in total. The van der Waals surface area contributed by atoms with Gasteiger partial charge in [-0.3, -0.25) is 9.59 Å². The molecule has 1 spiro atoms. The first kappa shape index (κ1) is 19.7. The SMILES string of the molecule is Cl.O=C(C1CC12CCNCC2)N1CCC(C(=O)N2CCc3ccccc32)CC1. The van der Waals surface area contributed by atoms with E-state index in [9.17, 15) is 9.59 Å². The number of piperidine rings is 2. The maximum absolute atomic E-state index is 13.0. The molecule has 1 aromatic rings. The molecule has 1 N–H and O–H groups in total. The van der Waals surface area contributed by atoms with Crippen LogP contribution in [0.4, 0.5) is 5.69 Å². The lowest BCUT2D eigenvalue weighted by Crippen LogP contribution is -2.45. The maximum Gasteiger partial charge on any atom is 0.230 e. The molecule has 1 aromatic carbocycles. The number of nitrogens with one attached hydrogen (secondary N) is 1. The quantitative estimate of drug-likeness (QED) is 0.825. The van der Waals surface area contributed by atoms with Gasteiger partial charge in [0.1, 0.15) is 0 Å². The average Bonchev–Trinajstić information content (AvgIpc) is 3.23. The maximum atomic E-state index is 13.0. The van der Waals surface area contributed by atoms with Gasteiger partial charge in [-0.25, -0.2) is 0 Å². The number of fused-ring (bicyclic) bond motifs is 1. The Kier molecular flexibility index (Phi) is 5.41. The normalized spacial score (nSPS) is 25.9. The van der Waals surface area contributed by atoms with Crippen LogP contribution in [0.2, 0.25) is 0 Å². The fraction of sp³-hybridized carbons (Fsp3) is 0.636. The Bertz CT molecular complexity index is 754. The molecule has 4 aliphatic rings. The van der Waals surface area contributed by atoms with Crippen molar-refractivity contribution >= 4 is 29.9 Å². The van der Waals surface area contributed by atoms with Gasteiger partial charge in [-0.1, -0.05) is 18.2 Å². The largest absolute Gasteiger partial charge is 0.342 e. The van der Waals surface area contributed by atoms with Gasteiger partial charge in [0.15, 0.2) is 0 Å². The molecule has 6 heteroatoms. The first-order valence-electron chi connectivity index (χ1n) is 10.6. The number of carbonyl (C=O) groups is 2. The molecule has 1 aliphatic carbocycles. The highest BCUT2D eigenvalue weighted by molar-refractivity contribution is 5.97. The van der Waals surface area contributed by atoms with E-state index >= 15 is 0 Å². The molecule has 3 fully saturated rings. The number of likely N-dealkylation sites (tertiary alicyclic amines) is 1. The summed E-state index contributed by atoms with van der Waals surface area (Å²) in [6, 6.07) is 8.24. The third kappa shape index (κ3) is 3.33. The Morgan fingerprint density at radius 2 is 1.71 bits per heavy atom. The number of para-hydroxylation sites is 1. The summed E-state index contributed by atoms with van der Waals surface area (Å²) >= 11 is 0. The summed E-state index contributed by atoms with van der Waals surface area (Å²) in [7, 11) is 0. The van der Waals surface area contributed by atoms with Crippen molar-refractivity contribution in [2.75, 3.05) is 37.6 Å². The zero-order chi connectivity index (χ0) is 18.4. The fourth-order valence-electron chi connectivity index (χ4n) is 5.53. The van der Waals surface area contributed by atoms with Crippen molar-refractivity contribution in [3.63, 3.8) is 0 Å². The van der Waals surface area contributed by atoms with Crippen molar-refractivity contribution in [1.82, 2.24) is 10.2 Å². The second-order valence-electron chi connectivity index (χ2n) is 8.84. The summed E-state index contributed by atoms with van der Waals surface area (Å²) in [6.07, 6.45) is 5.95. The number of benzene rings is 1. The van der Waals surface area contributed by atoms with E-state index in [-0.39, 0.29) is 30.2 Å². The predicted octanol–water partition coefficient (Wildman–Crippen LogP) is 2.63. The zero-order valence-corrected chi connectivity index (χ0v) is 17.2. The van der Waals surface area contributed by atoms with Crippen LogP contribution in [0.5, 0.6) is 0 Å². The van der Waals surface area contributed by atoms with E-state index in [1.54, 1.807) is 0 Å². The molecular weight excluding hydrogens is 374 g/mol. The highest BCUT2D eigenvalue weighted by Crippen LogP contribution is 2.59. The first-order chi connectivity index (χ1) is 13.2. The number of carbonyl (C=O) groups excluding carboxylic acids is 2. The van der Waals surface area contributed by atoms with Crippen LogP contribution in [0.15, 0.2) is 24.3 Å². The van der Waals surface area contributed by atoms with Crippen molar-refractivity contribution in [2.24, 2.45) is 17.3 Å². The summed E-state index contributed by atoms with van der Waals surface area (Å²) in [5, 5.41) is 3.40. The van der Waals surface area contributed by atoms with E-state index in [1.165, 1.54) is 5.56 Å². The molecule has 3 aliphatic heterocycles. The highest BCUT2D eigenvalue weighted by atomic mass is 35.5. The monoisotopic (exact) mass is 403 g/mol. The van der Waals surface area contributed by atoms with Gasteiger partial charge >= 0.3 is 0 Å². The molecule has 2 amide bonds. The van der Waals surface area contributed by atoms with E-state index in [0.29, 0.717) is 11.3 Å². The predicted molar refractivity (Wildman–Crippen MR) is 112 cm³/mol. The Morgan fingerprint density at radius 1 is 1.00 bits per heavy atom. The summed E-state index contributed by atoms with van der Waals surface area (Å²) < 4.78 is 0. The molecular formula is C22H30ClN3O2. The lowest BCUT2D eigenvalue weighted by molar-refractivity contribution is -0.137. The first-order valence-corrected chi connectivity index (χ1v) is 10.6. The Labute approximate surface area is 173 Å². The smallest absolute Gasteiger partial charge is 0.230 e. The lowest BCUT2D eigenvalue weighted by atomic mass is 9.90. The molecule has 0 radical (unpaired) electrons. The van der Waals surface area contributed by atoms with E-state index in [1.807, 2.05) is 21.9 Å². The zero-order valence-electron chi connectivity index (χ0n) is 16.4. The van der Waals surface area contributed by atoms with Crippen LogP contribution in [-0.2, 0) is 16.0 Å². The minimum atomic E-state index is 0. The minimum Gasteiger partial charge on any atom is -0.342 e. The van der Waals surface area contributed by atoms with E-state index in [2.05, 4.69) is 17.4 Å². The molecule has 5 rings (SSSR count). The molecule has 0 bridgehead atoms. The second kappa shape index (κ2) is 7.68. The Balaban J connectivity index is 0.00000192. The number of halogens is 1. The van der Waals surface area contributed by atoms with Crippen LogP contribution in [0.1, 0.15) is 37.7 Å². The second-order valence-corrected chi connectivity index (χ2v) is 8.84. The van der Waals surface area contributed by atoms with Gasteiger partial charge in [-0.2, -0.15) is 0 Å². The van der Waals surface area contributed by atoms with Gasteiger partial charge in [0.25, 0.3) is 0 Å². The van der Waals surface area contributed by atoms with Crippen molar-refractivity contribution in [2.45, 2.75) is 38.5 Å². The summed E-state index contributed by atoms with van der Waals surface area (Å²) in [5.41, 5.74) is 2.67. The molecule has 3 heterocycles. The number of nitrogens with zero attached hydrogens (tertiary/aromatic N) is 2. The van der Waals surface area contributed by atoms with Gasteiger partial charge in [0.05, 0.1) is 0 Å². The molecule has 1 atom stereocenters. The molecule has 1 unspecified atom stereocenters. The number of hydrogen-bond acceptors (Lipinski definition) is 3. The van der Waals surface area contributed by atoms with Crippen molar-refractivity contribution < 1.29 is 9.59 Å². The highest BCUT2D eigenvalue weighted by Gasteiger charge is 2.58.